The van der Waals surface area contributed by atoms with E-state index in [0.717, 1.165) is 11.0 Å². The van der Waals surface area contributed by atoms with E-state index in [9.17, 15) is 4.79 Å². The van der Waals surface area contributed by atoms with Crippen molar-refractivity contribution in [1.82, 2.24) is 0 Å². The number of para-hydroxylation sites is 1. The molecule has 0 radical (unpaired) electrons. The highest BCUT2D eigenvalue weighted by Gasteiger charge is 2.14. The van der Waals surface area contributed by atoms with Crippen molar-refractivity contribution in [3.8, 4) is 0 Å². The zero-order valence-corrected chi connectivity index (χ0v) is 7.68. The standard InChI is InChI=1S/C11H6N2O2/c14-11-6-8(12-13-11)10-5-7-3-1-2-4-9(7)15-10/h1-6H. The third kappa shape index (κ3) is 1.27. The summed E-state index contributed by atoms with van der Waals surface area (Å²) in [6.45, 7) is 0. The molecule has 2 aromatic rings. The maximum Gasteiger partial charge on any atom is 0.290 e. The molecule has 0 spiro atoms. The fourth-order valence-corrected chi connectivity index (χ4v) is 1.51. The zero-order valence-electron chi connectivity index (χ0n) is 7.68. The number of amides is 1. The number of carbonyl (C=O) groups is 1. The SMILES string of the molecule is O=C1C=C(c2cc3ccccc3o2)N=N1. The lowest BCUT2D eigenvalue weighted by Gasteiger charge is -1.87. The minimum atomic E-state index is -0.342. The molecule has 1 aliphatic rings. The predicted octanol–water partition coefficient (Wildman–Crippen LogP) is 2.77. The highest BCUT2D eigenvalue weighted by molar-refractivity contribution is 5.98. The number of furan rings is 1. The van der Waals surface area contributed by atoms with Crippen LogP contribution in [-0.4, -0.2) is 5.91 Å². The molecule has 0 unspecified atom stereocenters. The fourth-order valence-electron chi connectivity index (χ4n) is 1.51. The van der Waals surface area contributed by atoms with Gasteiger partial charge in [0.2, 0.25) is 0 Å². The van der Waals surface area contributed by atoms with Crippen molar-refractivity contribution in [2.45, 2.75) is 0 Å². The van der Waals surface area contributed by atoms with Gasteiger partial charge in [-0.2, -0.15) is 0 Å². The Kier molecular flexibility index (Phi) is 1.56. The van der Waals surface area contributed by atoms with E-state index in [4.69, 9.17) is 4.42 Å². The third-order valence-corrected chi connectivity index (χ3v) is 2.19. The molecule has 72 valence electrons. The fraction of sp³-hybridized carbons (Fsp3) is 0. The van der Waals surface area contributed by atoms with Crippen molar-refractivity contribution in [3.05, 3.63) is 42.2 Å². The average Bonchev–Trinajstić information content (AvgIpc) is 2.82. The molecule has 1 amide bonds. The van der Waals surface area contributed by atoms with Gasteiger partial charge in [-0.05, 0) is 12.1 Å². The molecule has 2 heterocycles. The van der Waals surface area contributed by atoms with Crippen molar-refractivity contribution in [2.24, 2.45) is 10.2 Å². The molecule has 1 aromatic carbocycles. The van der Waals surface area contributed by atoms with Crippen LogP contribution in [0.4, 0.5) is 0 Å². The number of carbonyl (C=O) groups excluding carboxylic acids is 1. The van der Waals surface area contributed by atoms with Gasteiger partial charge in [-0.3, -0.25) is 4.79 Å². The summed E-state index contributed by atoms with van der Waals surface area (Å²) in [5.74, 6) is 0.233. The molecule has 1 aliphatic heterocycles. The van der Waals surface area contributed by atoms with E-state index in [2.05, 4.69) is 10.2 Å². The molecular weight excluding hydrogens is 192 g/mol. The molecule has 0 saturated heterocycles. The highest BCUT2D eigenvalue weighted by Crippen LogP contribution is 2.27. The first-order chi connectivity index (χ1) is 7.33. The van der Waals surface area contributed by atoms with Gasteiger partial charge in [-0.1, -0.05) is 18.2 Å². The number of rotatable bonds is 1. The molecule has 0 fully saturated rings. The maximum absolute atomic E-state index is 10.9. The lowest BCUT2D eigenvalue weighted by Crippen LogP contribution is -1.77. The summed E-state index contributed by atoms with van der Waals surface area (Å²) in [5, 5.41) is 8.11. The average molecular weight is 198 g/mol. The van der Waals surface area contributed by atoms with E-state index >= 15 is 0 Å². The monoisotopic (exact) mass is 198 g/mol. The van der Waals surface area contributed by atoms with Gasteiger partial charge >= 0.3 is 0 Å². The van der Waals surface area contributed by atoms with Crippen LogP contribution in [0.2, 0.25) is 0 Å². The van der Waals surface area contributed by atoms with E-state index in [1.54, 1.807) is 0 Å². The quantitative estimate of drug-likeness (QED) is 0.707. The Morgan fingerprint density at radius 1 is 1.13 bits per heavy atom. The number of azo groups is 1. The van der Waals surface area contributed by atoms with Crippen LogP contribution in [0.3, 0.4) is 0 Å². The van der Waals surface area contributed by atoms with Gasteiger partial charge in [0.1, 0.15) is 11.3 Å². The van der Waals surface area contributed by atoms with Crippen LogP contribution in [-0.2, 0) is 4.79 Å². The number of benzene rings is 1. The van der Waals surface area contributed by atoms with Gasteiger partial charge < -0.3 is 4.42 Å². The Labute approximate surface area is 84.9 Å². The zero-order chi connectivity index (χ0) is 10.3. The van der Waals surface area contributed by atoms with E-state index in [0.29, 0.717) is 11.5 Å². The van der Waals surface area contributed by atoms with Crippen LogP contribution in [0, 0.1) is 0 Å². The van der Waals surface area contributed by atoms with Crippen LogP contribution in [0.1, 0.15) is 5.76 Å². The molecule has 0 N–H and O–H groups in total. The molecule has 4 nitrogen and oxygen atoms in total. The van der Waals surface area contributed by atoms with E-state index < -0.39 is 0 Å². The van der Waals surface area contributed by atoms with Crippen LogP contribution < -0.4 is 0 Å². The summed E-state index contributed by atoms with van der Waals surface area (Å²) in [7, 11) is 0. The van der Waals surface area contributed by atoms with Gasteiger partial charge in [0.25, 0.3) is 5.91 Å². The minimum Gasteiger partial charge on any atom is -0.454 e. The minimum absolute atomic E-state index is 0.342. The van der Waals surface area contributed by atoms with Crippen LogP contribution in [0.15, 0.2) is 51.1 Å². The Bertz CT molecular complexity index is 575. The van der Waals surface area contributed by atoms with Crippen LogP contribution >= 0.6 is 0 Å². The van der Waals surface area contributed by atoms with Crippen molar-refractivity contribution < 1.29 is 9.21 Å². The van der Waals surface area contributed by atoms with Crippen molar-refractivity contribution in [1.29, 1.82) is 0 Å². The number of hydrogen-bond acceptors (Lipinski definition) is 3. The topological polar surface area (TPSA) is 54.9 Å². The number of hydrogen-bond donors (Lipinski definition) is 0. The first-order valence-corrected chi connectivity index (χ1v) is 4.49. The molecular formula is C11H6N2O2. The normalized spacial score (nSPS) is 14.9. The molecule has 0 saturated carbocycles. The number of fused-ring (bicyclic) bond motifs is 1. The predicted molar refractivity (Wildman–Crippen MR) is 54.1 cm³/mol. The van der Waals surface area contributed by atoms with E-state index in [1.807, 2.05) is 30.3 Å². The molecule has 0 bridgehead atoms. The third-order valence-electron chi connectivity index (χ3n) is 2.19. The second-order valence-corrected chi connectivity index (χ2v) is 3.22. The van der Waals surface area contributed by atoms with Gasteiger partial charge in [0.15, 0.2) is 5.76 Å². The van der Waals surface area contributed by atoms with Gasteiger partial charge in [0, 0.05) is 11.5 Å². The summed E-state index contributed by atoms with van der Waals surface area (Å²) in [6, 6.07) is 9.48. The summed E-state index contributed by atoms with van der Waals surface area (Å²) in [6.07, 6.45) is 1.36. The summed E-state index contributed by atoms with van der Waals surface area (Å²) in [4.78, 5) is 10.9. The summed E-state index contributed by atoms with van der Waals surface area (Å²) < 4.78 is 5.53. The highest BCUT2D eigenvalue weighted by atomic mass is 16.3. The molecule has 15 heavy (non-hydrogen) atoms. The smallest absolute Gasteiger partial charge is 0.290 e. The van der Waals surface area contributed by atoms with Gasteiger partial charge in [-0.15, -0.1) is 10.2 Å². The molecule has 4 heteroatoms. The lowest BCUT2D eigenvalue weighted by molar-refractivity contribution is -0.113. The lowest BCUT2D eigenvalue weighted by atomic mass is 10.2. The first-order valence-electron chi connectivity index (χ1n) is 4.49. The largest absolute Gasteiger partial charge is 0.454 e. The second kappa shape index (κ2) is 2.88. The van der Waals surface area contributed by atoms with E-state index in [1.165, 1.54) is 6.08 Å². The van der Waals surface area contributed by atoms with Crippen molar-refractivity contribution >= 4 is 22.6 Å². The van der Waals surface area contributed by atoms with Crippen LogP contribution in [0.25, 0.3) is 16.7 Å². The summed E-state index contributed by atoms with van der Waals surface area (Å²) in [5.41, 5.74) is 1.26. The number of nitrogens with zero attached hydrogens (tertiary/aromatic N) is 2. The molecule has 3 rings (SSSR count). The Morgan fingerprint density at radius 3 is 2.73 bits per heavy atom. The molecule has 1 aromatic heterocycles. The first kappa shape index (κ1) is 8.11. The van der Waals surface area contributed by atoms with Crippen LogP contribution in [0.5, 0.6) is 0 Å². The van der Waals surface area contributed by atoms with Gasteiger partial charge in [0.05, 0.1) is 0 Å². The molecule has 0 atom stereocenters. The summed E-state index contributed by atoms with van der Waals surface area (Å²) >= 11 is 0. The van der Waals surface area contributed by atoms with Gasteiger partial charge in [-0.25, -0.2) is 0 Å². The van der Waals surface area contributed by atoms with Crippen molar-refractivity contribution in [2.75, 3.05) is 0 Å². The molecule has 0 aliphatic carbocycles. The Morgan fingerprint density at radius 2 is 2.00 bits per heavy atom. The second-order valence-electron chi connectivity index (χ2n) is 3.22. The van der Waals surface area contributed by atoms with Crippen molar-refractivity contribution in [3.63, 3.8) is 0 Å². The Balaban J connectivity index is 2.17. The Hall–Kier alpha value is -2.23. The maximum atomic E-state index is 10.9. The van der Waals surface area contributed by atoms with E-state index in [-0.39, 0.29) is 5.91 Å².